The molecule has 150 valence electrons. The average molecular weight is 403 g/mol. The molecule has 1 fully saturated rings. The Morgan fingerprint density at radius 1 is 1.32 bits per heavy atom. The quantitative estimate of drug-likeness (QED) is 0.513. The molecule has 0 saturated heterocycles. The molecule has 0 aliphatic heterocycles. The van der Waals surface area contributed by atoms with Crippen LogP contribution in [0.3, 0.4) is 0 Å². The lowest BCUT2D eigenvalue weighted by molar-refractivity contribution is -0.146. The first-order chi connectivity index (χ1) is 13.5. The van der Waals surface area contributed by atoms with Crippen LogP contribution in [0.15, 0.2) is 35.5 Å². The monoisotopic (exact) mass is 402 g/mol. The van der Waals surface area contributed by atoms with Crippen molar-refractivity contribution >= 4 is 23.6 Å². The van der Waals surface area contributed by atoms with Gasteiger partial charge in [0.15, 0.2) is 0 Å². The molecule has 0 unspecified atom stereocenters. The summed E-state index contributed by atoms with van der Waals surface area (Å²) in [6.45, 7) is 3.89. The minimum Gasteiger partial charge on any atom is -0.467 e. The van der Waals surface area contributed by atoms with E-state index in [4.69, 9.17) is 4.74 Å². The molecular formula is C20H26N4O3S. The van der Waals surface area contributed by atoms with Gasteiger partial charge in [-0.25, -0.2) is 14.5 Å². The van der Waals surface area contributed by atoms with Crippen LogP contribution in [-0.4, -0.2) is 45.5 Å². The predicted molar refractivity (Wildman–Crippen MR) is 107 cm³/mol. The van der Waals surface area contributed by atoms with Crippen molar-refractivity contribution in [3.05, 3.63) is 36.2 Å². The second-order valence-electron chi connectivity index (χ2n) is 7.02. The molecule has 1 heterocycles. The smallest absolute Gasteiger partial charge is 0.328 e. The van der Waals surface area contributed by atoms with Crippen LogP contribution in [0.1, 0.15) is 44.9 Å². The van der Waals surface area contributed by atoms with Gasteiger partial charge < -0.3 is 10.1 Å². The number of carbonyl (C=O) groups excluding carboxylic acids is 2. The molecule has 0 bridgehead atoms. The number of nitrogens with one attached hydrogen (secondary N) is 1. The minimum atomic E-state index is -0.639. The van der Waals surface area contributed by atoms with Crippen molar-refractivity contribution in [1.29, 1.82) is 0 Å². The highest BCUT2D eigenvalue weighted by Gasteiger charge is 2.31. The molecule has 1 N–H and O–H groups in total. The van der Waals surface area contributed by atoms with E-state index in [-0.39, 0.29) is 17.6 Å². The number of ether oxygens (including phenoxy) is 1. The standard InChI is InChI=1S/C20H26N4O3S/c1-4-13(2)17(19(26)27-3)21-16(25)12-28-20-22-18(14-10-11-14)24(23-20)15-8-6-5-7-9-15/h5-9,13-14,17H,4,10-12H2,1-3H3,(H,21,25)/t13-,17-/m0/s1. The van der Waals surface area contributed by atoms with E-state index < -0.39 is 12.0 Å². The third-order valence-corrected chi connectivity index (χ3v) is 5.71. The summed E-state index contributed by atoms with van der Waals surface area (Å²) >= 11 is 1.28. The minimum absolute atomic E-state index is 0.00159. The lowest BCUT2D eigenvalue weighted by Gasteiger charge is -2.21. The van der Waals surface area contributed by atoms with Crippen LogP contribution in [-0.2, 0) is 14.3 Å². The Morgan fingerprint density at radius 3 is 2.64 bits per heavy atom. The topological polar surface area (TPSA) is 86.1 Å². The van der Waals surface area contributed by atoms with Gasteiger partial charge in [0.2, 0.25) is 11.1 Å². The van der Waals surface area contributed by atoms with E-state index in [2.05, 4.69) is 15.4 Å². The summed E-state index contributed by atoms with van der Waals surface area (Å²) in [5, 5.41) is 7.94. The lowest BCUT2D eigenvalue weighted by atomic mass is 9.99. The fraction of sp³-hybridized carbons (Fsp3) is 0.500. The van der Waals surface area contributed by atoms with Crippen molar-refractivity contribution in [2.24, 2.45) is 5.92 Å². The Kier molecular flexibility index (Phi) is 6.72. The Balaban J connectivity index is 1.66. The largest absolute Gasteiger partial charge is 0.467 e. The fourth-order valence-corrected chi connectivity index (χ4v) is 3.51. The van der Waals surface area contributed by atoms with Crippen molar-refractivity contribution in [3.8, 4) is 5.69 Å². The Labute approximate surface area is 169 Å². The third-order valence-electron chi connectivity index (χ3n) is 4.87. The second kappa shape index (κ2) is 9.23. The van der Waals surface area contributed by atoms with Crippen LogP contribution in [0, 0.1) is 5.92 Å². The number of rotatable bonds is 9. The first kappa shape index (κ1) is 20.4. The lowest BCUT2D eigenvalue weighted by Crippen LogP contribution is -2.46. The number of para-hydroxylation sites is 1. The van der Waals surface area contributed by atoms with Gasteiger partial charge in [0.1, 0.15) is 11.9 Å². The normalized spacial score (nSPS) is 15.7. The Bertz CT molecular complexity index is 820. The van der Waals surface area contributed by atoms with Gasteiger partial charge in [-0.05, 0) is 30.9 Å². The second-order valence-corrected chi connectivity index (χ2v) is 7.96. The fourth-order valence-electron chi connectivity index (χ4n) is 2.87. The average Bonchev–Trinajstić information content (AvgIpc) is 3.49. The molecule has 1 aromatic carbocycles. The summed E-state index contributed by atoms with van der Waals surface area (Å²) in [5.41, 5.74) is 0.968. The maximum atomic E-state index is 12.4. The van der Waals surface area contributed by atoms with E-state index in [1.807, 2.05) is 48.9 Å². The summed E-state index contributed by atoms with van der Waals surface area (Å²) < 4.78 is 6.68. The number of methoxy groups -OCH3 is 1. The number of hydrogen-bond donors (Lipinski definition) is 1. The molecule has 28 heavy (non-hydrogen) atoms. The van der Waals surface area contributed by atoms with E-state index in [0.29, 0.717) is 11.1 Å². The first-order valence-corrected chi connectivity index (χ1v) is 10.5. The van der Waals surface area contributed by atoms with Gasteiger partial charge in [-0.3, -0.25) is 4.79 Å². The highest BCUT2D eigenvalue weighted by molar-refractivity contribution is 7.99. The van der Waals surface area contributed by atoms with Crippen LogP contribution < -0.4 is 5.32 Å². The summed E-state index contributed by atoms with van der Waals surface area (Å²) in [7, 11) is 1.33. The zero-order chi connectivity index (χ0) is 20.1. The molecule has 8 heteroatoms. The van der Waals surface area contributed by atoms with E-state index in [0.717, 1.165) is 30.8 Å². The van der Waals surface area contributed by atoms with Gasteiger partial charge in [0, 0.05) is 5.92 Å². The summed E-state index contributed by atoms with van der Waals surface area (Å²) in [4.78, 5) is 29.0. The zero-order valence-electron chi connectivity index (χ0n) is 16.4. The van der Waals surface area contributed by atoms with Crippen LogP contribution >= 0.6 is 11.8 Å². The van der Waals surface area contributed by atoms with Crippen molar-refractivity contribution in [2.75, 3.05) is 12.9 Å². The van der Waals surface area contributed by atoms with E-state index in [1.54, 1.807) is 0 Å². The number of hydrogen-bond acceptors (Lipinski definition) is 6. The highest BCUT2D eigenvalue weighted by atomic mass is 32.2. The molecule has 7 nitrogen and oxygen atoms in total. The summed E-state index contributed by atoms with van der Waals surface area (Å²) in [5.74, 6) is 0.872. The number of amides is 1. The number of thioether (sulfide) groups is 1. The first-order valence-electron chi connectivity index (χ1n) is 9.55. The van der Waals surface area contributed by atoms with Crippen molar-refractivity contribution in [1.82, 2.24) is 20.1 Å². The van der Waals surface area contributed by atoms with Crippen molar-refractivity contribution < 1.29 is 14.3 Å². The SMILES string of the molecule is CC[C@H](C)[C@H](NC(=O)CSc1nc(C2CC2)n(-c2ccccc2)n1)C(=O)OC. The number of aromatic nitrogens is 3. The summed E-state index contributed by atoms with van der Waals surface area (Å²) in [6, 6.07) is 9.25. The van der Waals surface area contributed by atoms with Crippen LogP contribution in [0.4, 0.5) is 0 Å². The zero-order valence-corrected chi connectivity index (χ0v) is 17.2. The Hall–Kier alpha value is -2.35. The van der Waals surface area contributed by atoms with Gasteiger partial charge >= 0.3 is 5.97 Å². The number of benzene rings is 1. The van der Waals surface area contributed by atoms with Gasteiger partial charge in [0.05, 0.1) is 18.6 Å². The van der Waals surface area contributed by atoms with E-state index in [1.165, 1.54) is 18.9 Å². The van der Waals surface area contributed by atoms with E-state index in [9.17, 15) is 9.59 Å². The number of esters is 1. The summed E-state index contributed by atoms with van der Waals surface area (Å²) in [6.07, 6.45) is 3.00. The molecule has 1 aliphatic carbocycles. The number of nitrogens with zero attached hydrogens (tertiary/aromatic N) is 3. The maximum absolute atomic E-state index is 12.4. The molecule has 0 radical (unpaired) electrons. The van der Waals surface area contributed by atoms with Gasteiger partial charge in [0.25, 0.3) is 0 Å². The van der Waals surface area contributed by atoms with Crippen LogP contribution in [0.5, 0.6) is 0 Å². The third kappa shape index (κ3) is 4.92. The maximum Gasteiger partial charge on any atom is 0.328 e. The van der Waals surface area contributed by atoms with Gasteiger partial charge in [-0.15, -0.1) is 5.10 Å². The molecule has 1 aliphatic rings. The molecule has 2 atom stereocenters. The Morgan fingerprint density at radius 2 is 2.04 bits per heavy atom. The van der Waals surface area contributed by atoms with Crippen LogP contribution in [0.2, 0.25) is 0 Å². The van der Waals surface area contributed by atoms with Crippen LogP contribution in [0.25, 0.3) is 5.69 Å². The molecule has 3 rings (SSSR count). The predicted octanol–water partition coefficient (Wildman–Crippen LogP) is 2.94. The molecule has 1 aromatic heterocycles. The molecular weight excluding hydrogens is 376 g/mol. The van der Waals surface area contributed by atoms with Gasteiger partial charge in [-0.1, -0.05) is 50.2 Å². The van der Waals surface area contributed by atoms with E-state index >= 15 is 0 Å². The molecule has 2 aromatic rings. The molecule has 0 spiro atoms. The van der Waals surface area contributed by atoms with Crippen molar-refractivity contribution in [3.63, 3.8) is 0 Å². The molecule has 1 amide bonds. The highest BCUT2D eigenvalue weighted by Crippen LogP contribution is 2.40. The van der Waals surface area contributed by atoms with Gasteiger partial charge in [-0.2, -0.15) is 0 Å². The molecule has 1 saturated carbocycles. The van der Waals surface area contributed by atoms with Crippen molar-refractivity contribution in [2.45, 2.75) is 50.2 Å². The number of carbonyl (C=O) groups is 2.